The van der Waals surface area contributed by atoms with E-state index in [1.54, 1.807) is 0 Å². The quantitative estimate of drug-likeness (QED) is 0.859. The Morgan fingerprint density at radius 3 is 2.24 bits per heavy atom. The largest absolute Gasteiger partial charge is 0.401 e. The average molecular weight is 307 g/mol. The standard InChI is InChI=1S/C15H28F3N3/c1-12-3-4-14(19-2)13(9-12)10-20-5-7-21(8-6-20)11-15(16,17)18/h12-14,19H,3-11H2,1-2H3. The van der Waals surface area contributed by atoms with Crippen LogP contribution >= 0.6 is 0 Å². The molecule has 21 heavy (non-hydrogen) atoms. The van der Waals surface area contributed by atoms with Gasteiger partial charge in [-0.05, 0) is 38.1 Å². The third-order valence-corrected chi connectivity index (χ3v) is 4.98. The van der Waals surface area contributed by atoms with Crippen molar-refractivity contribution in [2.75, 3.05) is 46.3 Å². The van der Waals surface area contributed by atoms with Crippen LogP contribution in [-0.2, 0) is 0 Å². The number of nitrogens with one attached hydrogen (secondary N) is 1. The first kappa shape index (κ1) is 17.0. The molecule has 0 aromatic rings. The fraction of sp³-hybridized carbons (Fsp3) is 1.00. The van der Waals surface area contributed by atoms with Gasteiger partial charge in [-0.1, -0.05) is 6.92 Å². The van der Waals surface area contributed by atoms with Crippen molar-refractivity contribution in [2.24, 2.45) is 11.8 Å². The Labute approximate surface area is 125 Å². The van der Waals surface area contributed by atoms with E-state index in [1.807, 2.05) is 7.05 Å². The lowest BCUT2D eigenvalue weighted by Crippen LogP contribution is -2.52. The monoisotopic (exact) mass is 307 g/mol. The van der Waals surface area contributed by atoms with Crippen LogP contribution in [0.15, 0.2) is 0 Å². The van der Waals surface area contributed by atoms with Crippen LogP contribution in [0, 0.1) is 11.8 Å². The number of rotatable bonds is 4. The van der Waals surface area contributed by atoms with Gasteiger partial charge < -0.3 is 10.2 Å². The Balaban J connectivity index is 1.77. The molecule has 6 heteroatoms. The highest BCUT2D eigenvalue weighted by molar-refractivity contribution is 4.86. The molecule has 1 heterocycles. The van der Waals surface area contributed by atoms with Crippen LogP contribution < -0.4 is 5.32 Å². The van der Waals surface area contributed by atoms with Crippen molar-refractivity contribution in [1.82, 2.24) is 15.1 Å². The normalized spacial score (nSPS) is 33.3. The first-order chi connectivity index (χ1) is 9.87. The summed E-state index contributed by atoms with van der Waals surface area (Å²) >= 11 is 0. The molecule has 0 aromatic heterocycles. The molecule has 1 saturated carbocycles. The Hall–Kier alpha value is -0.330. The smallest absolute Gasteiger partial charge is 0.317 e. The second-order valence-corrected chi connectivity index (χ2v) is 6.77. The molecular formula is C15H28F3N3. The van der Waals surface area contributed by atoms with Crippen LogP contribution in [-0.4, -0.2) is 68.3 Å². The number of nitrogens with zero attached hydrogens (tertiary/aromatic N) is 2. The second kappa shape index (κ2) is 7.29. The van der Waals surface area contributed by atoms with E-state index < -0.39 is 12.7 Å². The molecule has 0 radical (unpaired) electrons. The van der Waals surface area contributed by atoms with E-state index in [0.29, 0.717) is 25.0 Å². The Morgan fingerprint density at radius 2 is 1.67 bits per heavy atom. The van der Waals surface area contributed by atoms with Crippen molar-refractivity contribution in [3.63, 3.8) is 0 Å². The van der Waals surface area contributed by atoms with E-state index in [-0.39, 0.29) is 0 Å². The third-order valence-electron chi connectivity index (χ3n) is 4.98. The Morgan fingerprint density at radius 1 is 1.05 bits per heavy atom. The van der Waals surface area contributed by atoms with Crippen molar-refractivity contribution in [3.05, 3.63) is 0 Å². The molecule has 0 spiro atoms. The summed E-state index contributed by atoms with van der Waals surface area (Å²) < 4.78 is 37.2. The van der Waals surface area contributed by atoms with Gasteiger partial charge in [-0.2, -0.15) is 13.2 Å². The van der Waals surface area contributed by atoms with E-state index in [0.717, 1.165) is 25.6 Å². The third kappa shape index (κ3) is 5.42. The fourth-order valence-corrected chi connectivity index (χ4v) is 3.80. The van der Waals surface area contributed by atoms with E-state index in [2.05, 4.69) is 17.1 Å². The van der Waals surface area contributed by atoms with Crippen LogP contribution in [0.2, 0.25) is 0 Å². The van der Waals surface area contributed by atoms with Crippen molar-refractivity contribution < 1.29 is 13.2 Å². The molecule has 3 unspecified atom stereocenters. The molecule has 0 aromatic carbocycles. The number of hydrogen-bond donors (Lipinski definition) is 1. The van der Waals surface area contributed by atoms with Crippen molar-refractivity contribution in [2.45, 2.75) is 38.4 Å². The van der Waals surface area contributed by atoms with Crippen molar-refractivity contribution >= 4 is 0 Å². The molecule has 1 aliphatic carbocycles. The summed E-state index contributed by atoms with van der Waals surface area (Å²) in [4.78, 5) is 3.87. The van der Waals surface area contributed by atoms with Gasteiger partial charge in [0, 0.05) is 38.8 Å². The van der Waals surface area contributed by atoms with E-state index in [1.165, 1.54) is 24.2 Å². The fourth-order valence-electron chi connectivity index (χ4n) is 3.80. The lowest BCUT2D eigenvalue weighted by molar-refractivity contribution is -0.149. The van der Waals surface area contributed by atoms with E-state index in [4.69, 9.17) is 0 Å². The summed E-state index contributed by atoms with van der Waals surface area (Å²) in [5, 5.41) is 3.42. The average Bonchev–Trinajstić information content (AvgIpc) is 2.40. The Bertz CT molecular complexity index is 314. The Kier molecular flexibility index (Phi) is 5.91. The van der Waals surface area contributed by atoms with E-state index >= 15 is 0 Å². The van der Waals surface area contributed by atoms with Gasteiger partial charge in [0.2, 0.25) is 0 Å². The molecular weight excluding hydrogens is 279 g/mol. The molecule has 1 N–H and O–H groups in total. The predicted molar refractivity (Wildman–Crippen MR) is 78.3 cm³/mol. The maximum Gasteiger partial charge on any atom is 0.401 e. The minimum atomic E-state index is -4.07. The molecule has 1 aliphatic heterocycles. The van der Waals surface area contributed by atoms with Gasteiger partial charge in [-0.25, -0.2) is 0 Å². The molecule has 124 valence electrons. The zero-order chi connectivity index (χ0) is 15.5. The van der Waals surface area contributed by atoms with Crippen LogP contribution in [0.4, 0.5) is 13.2 Å². The topological polar surface area (TPSA) is 18.5 Å². The first-order valence-electron chi connectivity index (χ1n) is 8.06. The van der Waals surface area contributed by atoms with Crippen molar-refractivity contribution in [1.29, 1.82) is 0 Å². The van der Waals surface area contributed by atoms with Crippen LogP contribution in [0.3, 0.4) is 0 Å². The molecule has 3 atom stereocenters. The SMILES string of the molecule is CNC1CCC(C)CC1CN1CCN(CC(F)(F)F)CC1. The van der Waals surface area contributed by atoms with Gasteiger partial charge in [-0.15, -0.1) is 0 Å². The number of piperazine rings is 1. The van der Waals surface area contributed by atoms with E-state index in [9.17, 15) is 13.2 Å². The maximum absolute atomic E-state index is 12.4. The molecule has 2 rings (SSSR count). The minimum absolute atomic E-state index is 0.534. The van der Waals surface area contributed by atoms with Crippen LogP contribution in [0.25, 0.3) is 0 Å². The van der Waals surface area contributed by atoms with Gasteiger partial charge in [-0.3, -0.25) is 4.90 Å². The molecule has 2 aliphatic rings. The maximum atomic E-state index is 12.4. The summed E-state index contributed by atoms with van der Waals surface area (Å²) in [6.45, 7) is 5.16. The highest BCUT2D eigenvalue weighted by Gasteiger charge is 2.33. The zero-order valence-corrected chi connectivity index (χ0v) is 13.1. The lowest BCUT2D eigenvalue weighted by Gasteiger charge is -2.41. The summed E-state index contributed by atoms with van der Waals surface area (Å²) in [5.41, 5.74) is 0. The number of alkyl halides is 3. The summed E-state index contributed by atoms with van der Waals surface area (Å²) in [7, 11) is 2.02. The minimum Gasteiger partial charge on any atom is -0.317 e. The molecule has 3 nitrogen and oxygen atoms in total. The number of halogens is 3. The van der Waals surface area contributed by atoms with Crippen LogP contribution in [0.1, 0.15) is 26.2 Å². The highest BCUT2D eigenvalue weighted by atomic mass is 19.4. The molecule has 1 saturated heterocycles. The van der Waals surface area contributed by atoms with Gasteiger partial charge in [0.05, 0.1) is 6.54 Å². The summed E-state index contributed by atoms with van der Waals surface area (Å²) in [6, 6.07) is 0.564. The van der Waals surface area contributed by atoms with Gasteiger partial charge in [0.1, 0.15) is 0 Å². The predicted octanol–water partition coefficient (Wildman–Crippen LogP) is 2.19. The summed E-state index contributed by atoms with van der Waals surface area (Å²) in [5.74, 6) is 1.40. The molecule has 0 amide bonds. The zero-order valence-electron chi connectivity index (χ0n) is 13.1. The van der Waals surface area contributed by atoms with Crippen molar-refractivity contribution in [3.8, 4) is 0 Å². The van der Waals surface area contributed by atoms with Gasteiger partial charge in [0.15, 0.2) is 0 Å². The van der Waals surface area contributed by atoms with Crippen LogP contribution in [0.5, 0.6) is 0 Å². The second-order valence-electron chi connectivity index (χ2n) is 6.77. The highest BCUT2D eigenvalue weighted by Crippen LogP contribution is 2.30. The van der Waals surface area contributed by atoms with Gasteiger partial charge in [0.25, 0.3) is 0 Å². The number of hydrogen-bond acceptors (Lipinski definition) is 3. The van der Waals surface area contributed by atoms with Gasteiger partial charge >= 0.3 is 6.18 Å². The first-order valence-corrected chi connectivity index (χ1v) is 8.06. The lowest BCUT2D eigenvalue weighted by atomic mass is 9.78. The molecule has 0 bridgehead atoms. The summed E-state index contributed by atoms with van der Waals surface area (Å²) in [6.07, 6.45) is -0.343. The molecule has 2 fully saturated rings.